The average molecular weight is 375 g/mol. The van der Waals surface area contributed by atoms with Gasteiger partial charge < -0.3 is 10.1 Å². The van der Waals surface area contributed by atoms with E-state index in [9.17, 15) is 5.11 Å². The Hall–Kier alpha value is -2.83. The predicted octanol–water partition coefficient (Wildman–Crippen LogP) is 2.94. The van der Waals surface area contributed by atoms with Gasteiger partial charge in [0.15, 0.2) is 5.84 Å². The van der Waals surface area contributed by atoms with E-state index in [1.54, 1.807) is 9.91 Å². The third-order valence-corrected chi connectivity index (χ3v) is 5.70. The Kier molecular flexibility index (Phi) is 4.50. The molecule has 1 aromatic heterocycles. The Balaban J connectivity index is 1.15. The van der Waals surface area contributed by atoms with E-state index in [0.29, 0.717) is 0 Å². The molecule has 6 heteroatoms. The van der Waals surface area contributed by atoms with Crippen LogP contribution < -0.4 is 0 Å². The van der Waals surface area contributed by atoms with E-state index in [1.165, 1.54) is 22.0 Å². The van der Waals surface area contributed by atoms with Crippen molar-refractivity contribution in [3.63, 3.8) is 0 Å². The highest BCUT2D eigenvalue weighted by molar-refractivity contribution is 5.95. The van der Waals surface area contributed by atoms with Crippen molar-refractivity contribution in [2.75, 3.05) is 26.2 Å². The lowest BCUT2D eigenvalue weighted by atomic mass is 9.99. The van der Waals surface area contributed by atoms with Crippen molar-refractivity contribution in [2.45, 2.75) is 19.2 Å². The summed E-state index contributed by atoms with van der Waals surface area (Å²) in [6, 6.07) is 8.49. The van der Waals surface area contributed by atoms with Crippen molar-refractivity contribution >= 4 is 22.3 Å². The number of H-pyrrole nitrogens is 1. The number of amidine groups is 1. The number of hydrogen-bond acceptors (Lipinski definition) is 5. The minimum atomic E-state index is -0.689. The molecule has 1 unspecified atom stereocenters. The largest absolute Gasteiger partial charge is 0.361 e. The van der Waals surface area contributed by atoms with Crippen LogP contribution in [-0.4, -0.2) is 63.3 Å². The summed E-state index contributed by atoms with van der Waals surface area (Å²) in [5, 5.41) is 18.0. The van der Waals surface area contributed by atoms with E-state index in [0.717, 1.165) is 44.9 Å². The number of aromatic amines is 1. The molecule has 28 heavy (non-hydrogen) atoms. The van der Waals surface area contributed by atoms with Gasteiger partial charge in [-0.25, -0.2) is 5.01 Å². The molecule has 4 heterocycles. The van der Waals surface area contributed by atoms with Crippen LogP contribution in [0.5, 0.6) is 0 Å². The van der Waals surface area contributed by atoms with Gasteiger partial charge in [-0.1, -0.05) is 30.4 Å². The lowest BCUT2D eigenvalue weighted by Gasteiger charge is -2.28. The summed E-state index contributed by atoms with van der Waals surface area (Å²) in [7, 11) is 0. The number of hydrogen-bond donors (Lipinski definition) is 2. The quantitative estimate of drug-likeness (QED) is 0.844. The SMILES string of the molecule is OC1N(CCCN2CC=C(c3c[nH]c4ccccc34)CC2)N=C2C=CC=CN21. The molecule has 0 saturated heterocycles. The molecule has 1 aromatic carbocycles. The molecular weight excluding hydrogens is 350 g/mol. The van der Waals surface area contributed by atoms with Crippen LogP contribution in [0.2, 0.25) is 0 Å². The number of aliphatic hydroxyl groups excluding tert-OH is 1. The molecule has 0 amide bonds. The van der Waals surface area contributed by atoms with Gasteiger partial charge in [0.2, 0.25) is 6.35 Å². The van der Waals surface area contributed by atoms with Crippen molar-refractivity contribution in [1.29, 1.82) is 0 Å². The number of rotatable bonds is 5. The summed E-state index contributed by atoms with van der Waals surface area (Å²) in [5.74, 6) is 0.805. The molecule has 144 valence electrons. The summed E-state index contributed by atoms with van der Waals surface area (Å²) in [4.78, 5) is 7.64. The van der Waals surface area contributed by atoms with E-state index in [1.807, 2.05) is 24.4 Å². The topological polar surface area (TPSA) is 58.1 Å². The van der Waals surface area contributed by atoms with Gasteiger partial charge in [-0.15, -0.1) is 0 Å². The fourth-order valence-corrected chi connectivity index (χ4v) is 4.17. The van der Waals surface area contributed by atoms with Gasteiger partial charge in [0.05, 0.1) is 0 Å². The standard InChI is InChI=1S/C22H25N5O/c28-22-26-12-4-3-8-21(26)24-27(22)13-5-11-25-14-9-17(10-15-25)19-16-23-20-7-2-1-6-18(19)20/h1-4,6-9,12,16,22-23,28H,5,10-11,13-15H2. The molecule has 0 spiro atoms. The van der Waals surface area contributed by atoms with E-state index >= 15 is 0 Å². The maximum absolute atomic E-state index is 10.4. The fourth-order valence-electron chi connectivity index (χ4n) is 4.17. The first-order valence-corrected chi connectivity index (χ1v) is 9.94. The Morgan fingerprint density at radius 2 is 2.11 bits per heavy atom. The Labute approximate surface area is 164 Å². The van der Waals surface area contributed by atoms with Gasteiger partial charge in [0.1, 0.15) is 0 Å². The van der Waals surface area contributed by atoms with Crippen molar-refractivity contribution < 1.29 is 5.11 Å². The number of nitrogens with zero attached hydrogens (tertiary/aromatic N) is 4. The number of allylic oxidation sites excluding steroid dienone is 2. The molecule has 2 N–H and O–H groups in total. The lowest BCUT2D eigenvalue weighted by molar-refractivity contribution is -0.0425. The second kappa shape index (κ2) is 7.30. The number of aromatic nitrogens is 1. The van der Waals surface area contributed by atoms with Crippen LogP contribution in [0, 0.1) is 0 Å². The Bertz CT molecular complexity index is 986. The smallest absolute Gasteiger partial charge is 0.227 e. The molecule has 0 radical (unpaired) electrons. The summed E-state index contributed by atoms with van der Waals surface area (Å²) in [6.07, 6.45) is 13.5. The molecule has 3 aliphatic rings. The van der Waals surface area contributed by atoms with Crippen LogP contribution in [0.25, 0.3) is 16.5 Å². The van der Waals surface area contributed by atoms with Crippen LogP contribution in [0.4, 0.5) is 0 Å². The summed E-state index contributed by atoms with van der Waals surface area (Å²) in [5.41, 5.74) is 3.97. The molecular formula is C22H25N5O. The zero-order valence-electron chi connectivity index (χ0n) is 15.8. The van der Waals surface area contributed by atoms with Crippen molar-refractivity contribution in [3.8, 4) is 0 Å². The average Bonchev–Trinajstić information content (AvgIpc) is 3.31. The third-order valence-electron chi connectivity index (χ3n) is 5.70. The van der Waals surface area contributed by atoms with Crippen LogP contribution in [0.1, 0.15) is 18.4 Å². The minimum Gasteiger partial charge on any atom is -0.361 e. The Morgan fingerprint density at radius 3 is 2.96 bits per heavy atom. The molecule has 1 atom stereocenters. The highest BCUT2D eigenvalue weighted by atomic mass is 16.3. The minimum absolute atomic E-state index is 0.689. The third kappa shape index (κ3) is 3.15. The first-order valence-electron chi connectivity index (χ1n) is 9.94. The molecule has 0 fully saturated rings. The van der Waals surface area contributed by atoms with E-state index in [-0.39, 0.29) is 0 Å². The second-order valence-corrected chi connectivity index (χ2v) is 7.46. The van der Waals surface area contributed by atoms with E-state index < -0.39 is 6.35 Å². The van der Waals surface area contributed by atoms with Gasteiger partial charge in [0.25, 0.3) is 0 Å². The van der Waals surface area contributed by atoms with Crippen LogP contribution in [-0.2, 0) is 0 Å². The molecule has 0 aliphatic carbocycles. The van der Waals surface area contributed by atoms with Crippen LogP contribution in [0.15, 0.2) is 66.1 Å². The molecule has 6 nitrogen and oxygen atoms in total. The molecule has 5 rings (SSSR count). The number of benzene rings is 1. The fraction of sp³-hybridized carbons (Fsp3) is 0.318. The van der Waals surface area contributed by atoms with E-state index in [2.05, 4.69) is 51.5 Å². The first kappa shape index (κ1) is 17.3. The van der Waals surface area contributed by atoms with Gasteiger partial charge in [-0.2, -0.15) is 5.10 Å². The highest BCUT2D eigenvalue weighted by Gasteiger charge is 2.30. The van der Waals surface area contributed by atoms with Crippen molar-refractivity contribution in [3.05, 3.63) is 66.5 Å². The maximum atomic E-state index is 10.4. The zero-order valence-corrected chi connectivity index (χ0v) is 15.8. The lowest BCUT2D eigenvalue weighted by Crippen LogP contribution is -2.40. The Morgan fingerprint density at radius 1 is 1.18 bits per heavy atom. The van der Waals surface area contributed by atoms with Gasteiger partial charge in [-0.3, -0.25) is 9.80 Å². The van der Waals surface area contributed by atoms with Crippen molar-refractivity contribution in [2.24, 2.45) is 5.10 Å². The van der Waals surface area contributed by atoms with Gasteiger partial charge >= 0.3 is 0 Å². The molecule has 2 aromatic rings. The highest BCUT2D eigenvalue weighted by Crippen LogP contribution is 2.29. The monoisotopic (exact) mass is 375 g/mol. The van der Waals surface area contributed by atoms with Crippen LogP contribution >= 0.6 is 0 Å². The first-order chi connectivity index (χ1) is 13.8. The predicted molar refractivity (Wildman–Crippen MR) is 112 cm³/mol. The summed E-state index contributed by atoms with van der Waals surface area (Å²) < 4.78 is 0. The van der Waals surface area contributed by atoms with E-state index in [4.69, 9.17) is 0 Å². The molecule has 3 aliphatic heterocycles. The zero-order chi connectivity index (χ0) is 18.9. The number of para-hydroxylation sites is 1. The number of aliphatic hydroxyl groups is 1. The normalized spacial score (nSPS) is 22.0. The molecule has 0 saturated carbocycles. The summed E-state index contributed by atoms with van der Waals surface area (Å²) >= 11 is 0. The maximum Gasteiger partial charge on any atom is 0.227 e. The number of hydrazone groups is 1. The van der Waals surface area contributed by atoms with Gasteiger partial charge in [0, 0.05) is 55.0 Å². The summed E-state index contributed by atoms with van der Waals surface area (Å²) in [6.45, 7) is 3.80. The number of fused-ring (bicyclic) bond motifs is 2. The molecule has 0 bridgehead atoms. The van der Waals surface area contributed by atoms with Gasteiger partial charge in [-0.05, 0) is 36.6 Å². The second-order valence-electron chi connectivity index (χ2n) is 7.46. The number of nitrogens with one attached hydrogen (secondary N) is 1. The van der Waals surface area contributed by atoms with Crippen LogP contribution in [0.3, 0.4) is 0 Å². The van der Waals surface area contributed by atoms with Crippen molar-refractivity contribution in [1.82, 2.24) is 19.8 Å².